The molecule has 0 fully saturated rings. The highest BCUT2D eigenvalue weighted by Gasteiger charge is 2.17. The molecule has 0 aliphatic carbocycles. The third kappa shape index (κ3) is 5.14. The van der Waals surface area contributed by atoms with Crippen LogP contribution >= 0.6 is 0 Å². The molecule has 0 spiro atoms. The minimum atomic E-state index is -0.582. The van der Waals surface area contributed by atoms with Crippen LogP contribution in [0.15, 0.2) is 4.42 Å². The van der Waals surface area contributed by atoms with Crippen molar-refractivity contribution in [2.75, 3.05) is 38.8 Å². The lowest BCUT2D eigenvalue weighted by molar-refractivity contribution is 0.0689. The molecule has 0 amide bonds. The van der Waals surface area contributed by atoms with E-state index in [-0.39, 0.29) is 12.6 Å². The highest BCUT2D eigenvalue weighted by molar-refractivity contribution is 5.22. The summed E-state index contributed by atoms with van der Waals surface area (Å²) >= 11 is 0. The Bertz CT molecular complexity index is 358. The fourth-order valence-corrected chi connectivity index (χ4v) is 1.64. The molecule has 110 valence electrons. The van der Waals surface area contributed by atoms with Gasteiger partial charge in [-0.2, -0.15) is 0 Å². The van der Waals surface area contributed by atoms with Gasteiger partial charge in [0.1, 0.15) is 0 Å². The molecule has 0 saturated carbocycles. The molecule has 1 heterocycles. The van der Waals surface area contributed by atoms with Crippen molar-refractivity contribution in [2.45, 2.75) is 32.4 Å². The average Bonchev–Trinajstić information content (AvgIpc) is 2.85. The molecule has 1 aromatic rings. The first-order valence-corrected chi connectivity index (χ1v) is 6.53. The van der Waals surface area contributed by atoms with Gasteiger partial charge in [-0.15, -0.1) is 5.10 Å². The number of rotatable bonds is 9. The summed E-state index contributed by atoms with van der Waals surface area (Å²) in [5.41, 5.74) is 0. The number of nitrogens with zero attached hydrogens (tertiary/aromatic N) is 3. The van der Waals surface area contributed by atoms with E-state index in [1.165, 1.54) is 0 Å². The quantitative estimate of drug-likeness (QED) is 0.680. The van der Waals surface area contributed by atoms with Gasteiger partial charge in [0.25, 0.3) is 0 Å². The molecule has 0 aromatic carbocycles. The number of hydrogen-bond acceptors (Lipinski definition) is 7. The molecule has 0 aliphatic rings. The molecule has 2 atom stereocenters. The van der Waals surface area contributed by atoms with Gasteiger partial charge >= 0.3 is 6.01 Å². The van der Waals surface area contributed by atoms with E-state index in [1.807, 2.05) is 6.92 Å². The highest BCUT2D eigenvalue weighted by Crippen LogP contribution is 2.16. The fourth-order valence-electron chi connectivity index (χ4n) is 1.64. The van der Waals surface area contributed by atoms with Crippen molar-refractivity contribution in [2.24, 2.45) is 0 Å². The summed E-state index contributed by atoms with van der Waals surface area (Å²) in [6.07, 6.45) is 0.468. The first kappa shape index (κ1) is 15.9. The summed E-state index contributed by atoms with van der Waals surface area (Å²) in [4.78, 5) is 1.72. The standard InChI is InChI=1S/C12H24N4O3/c1-5-6-13-9(2)11-14-15-12(19-11)16(3)7-10(17)8-18-4/h9-10,13,17H,5-8H2,1-4H3. The van der Waals surface area contributed by atoms with Crippen LogP contribution in [0.5, 0.6) is 0 Å². The number of anilines is 1. The molecule has 0 bridgehead atoms. The molecular formula is C12H24N4O3. The first-order valence-electron chi connectivity index (χ1n) is 6.53. The second-order valence-electron chi connectivity index (χ2n) is 4.59. The summed E-state index contributed by atoms with van der Waals surface area (Å²) in [7, 11) is 3.34. The van der Waals surface area contributed by atoms with Gasteiger partial charge in [0.05, 0.1) is 25.3 Å². The van der Waals surface area contributed by atoms with Crippen LogP contribution < -0.4 is 10.2 Å². The molecule has 0 saturated heterocycles. The van der Waals surface area contributed by atoms with Gasteiger partial charge in [0.15, 0.2) is 0 Å². The van der Waals surface area contributed by atoms with Crippen LogP contribution in [0.25, 0.3) is 0 Å². The van der Waals surface area contributed by atoms with E-state index in [1.54, 1.807) is 19.1 Å². The lowest BCUT2D eigenvalue weighted by atomic mass is 10.3. The maximum Gasteiger partial charge on any atom is 0.318 e. The molecule has 0 radical (unpaired) electrons. The number of nitrogens with one attached hydrogen (secondary N) is 1. The van der Waals surface area contributed by atoms with E-state index in [2.05, 4.69) is 22.4 Å². The van der Waals surface area contributed by atoms with Crippen LogP contribution in [0.3, 0.4) is 0 Å². The minimum Gasteiger partial charge on any atom is -0.406 e. The van der Waals surface area contributed by atoms with Gasteiger partial charge in [0, 0.05) is 14.2 Å². The third-order valence-corrected chi connectivity index (χ3v) is 2.67. The zero-order chi connectivity index (χ0) is 14.3. The fraction of sp³-hybridized carbons (Fsp3) is 0.833. The average molecular weight is 272 g/mol. The monoisotopic (exact) mass is 272 g/mol. The maximum atomic E-state index is 9.64. The topological polar surface area (TPSA) is 83.7 Å². The number of methoxy groups -OCH3 is 1. The Morgan fingerprint density at radius 1 is 1.47 bits per heavy atom. The van der Waals surface area contributed by atoms with E-state index >= 15 is 0 Å². The number of aliphatic hydroxyl groups is 1. The summed E-state index contributed by atoms with van der Waals surface area (Å²) in [5.74, 6) is 0.552. The second-order valence-corrected chi connectivity index (χ2v) is 4.59. The van der Waals surface area contributed by atoms with E-state index in [0.717, 1.165) is 13.0 Å². The van der Waals surface area contributed by atoms with E-state index in [4.69, 9.17) is 9.15 Å². The predicted octanol–water partition coefficient (Wildman–Crippen LogP) is 0.574. The lowest BCUT2D eigenvalue weighted by Crippen LogP contribution is -2.32. The number of ether oxygens (including phenoxy) is 1. The molecule has 2 unspecified atom stereocenters. The molecule has 1 aromatic heterocycles. The Morgan fingerprint density at radius 2 is 2.21 bits per heavy atom. The smallest absolute Gasteiger partial charge is 0.318 e. The van der Waals surface area contributed by atoms with Crippen LogP contribution in [0.4, 0.5) is 6.01 Å². The van der Waals surface area contributed by atoms with Crippen molar-refractivity contribution in [1.82, 2.24) is 15.5 Å². The van der Waals surface area contributed by atoms with E-state index in [0.29, 0.717) is 18.5 Å². The van der Waals surface area contributed by atoms with Crippen molar-refractivity contribution in [3.05, 3.63) is 5.89 Å². The van der Waals surface area contributed by atoms with Crippen LogP contribution in [-0.4, -0.2) is 55.3 Å². The Morgan fingerprint density at radius 3 is 2.84 bits per heavy atom. The zero-order valence-corrected chi connectivity index (χ0v) is 12.1. The largest absolute Gasteiger partial charge is 0.406 e. The Hall–Kier alpha value is -1.18. The first-order chi connectivity index (χ1) is 9.08. The molecule has 7 nitrogen and oxygen atoms in total. The van der Waals surface area contributed by atoms with Crippen LogP contribution in [-0.2, 0) is 4.74 Å². The molecule has 0 aliphatic heterocycles. The second kappa shape index (κ2) is 8.08. The van der Waals surface area contributed by atoms with Gasteiger partial charge in [-0.1, -0.05) is 12.0 Å². The van der Waals surface area contributed by atoms with Crippen LogP contribution in [0.1, 0.15) is 32.2 Å². The van der Waals surface area contributed by atoms with Crippen LogP contribution in [0, 0.1) is 0 Å². The summed E-state index contributed by atoms with van der Waals surface area (Å²) < 4.78 is 10.4. The molecular weight excluding hydrogens is 248 g/mol. The lowest BCUT2D eigenvalue weighted by Gasteiger charge is -2.17. The van der Waals surface area contributed by atoms with Crippen molar-refractivity contribution >= 4 is 6.01 Å². The molecule has 7 heteroatoms. The summed E-state index contributed by atoms with van der Waals surface area (Å²) in [6, 6.07) is 0.425. The van der Waals surface area contributed by atoms with Gasteiger partial charge in [0.2, 0.25) is 5.89 Å². The molecule has 2 N–H and O–H groups in total. The summed E-state index contributed by atoms with van der Waals surface area (Å²) in [6.45, 7) is 5.64. The number of aliphatic hydroxyl groups excluding tert-OH is 1. The van der Waals surface area contributed by atoms with Gasteiger partial charge in [-0.3, -0.25) is 0 Å². The normalized spacial score (nSPS) is 14.4. The van der Waals surface area contributed by atoms with E-state index < -0.39 is 6.10 Å². The molecule has 1 rings (SSSR count). The Balaban J connectivity index is 2.53. The van der Waals surface area contributed by atoms with Gasteiger partial charge in [-0.25, -0.2) is 0 Å². The van der Waals surface area contributed by atoms with Crippen molar-refractivity contribution in [1.29, 1.82) is 0 Å². The zero-order valence-electron chi connectivity index (χ0n) is 12.1. The van der Waals surface area contributed by atoms with Crippen molar-refractivity contribution in [3.8, 4) is 0 Å². The Labute approximate surface area is 114 Å². The molecule has 19 heavy (non-hydrogen) atoms. The van der Waals surface area contributed by atoms with Gasteiger partial charge in [-0.05, 0) is 19.9 Å². The maximum absolute atomic E-state index is 9.64. The third-order valence-electron chi connectivity index (χ3n) is 2.67. The van der Waals surface area contributed by atoms with Crippen molar-refractivity contribution in [3.63, 3.8) is 0 Å². The number of aromatic nitrogens is 2. The minimum absolute atomic E-state index is 0.0264. The van der Waals surface area contributed by atoms with E-state index in [9.17, 15) is 5.11 Å². The Kier molecular flexibility index (Phi) is 6.75. The number of likely N-dealkylation sites (N-methyl/N-ethyl adjacent to an activating group) is 1. The van der Waals surface area contributed by atoms with Gasteiger partial charge < -0.3 is 24.5 Å². The highest BCUT2D eigenvalue weighted by atomic mass is 16.5. The summed E-state index contributed by atoms with van der Waals surface area (Å²) in [5, 5.41) is 20.9. The van der Waals surface area contributed by atoms with Crippen molar-refractivity contribution < 1.29 is 14.3 Å². The predicted molar refractivity (Wildman–Crippen MR) is 72.2 cm³/mol. The SMILES string of the molecule is CCCNC(C)c1nnc(N(C)CC(O)COC)o1. The van der Waals surface area contributed by atoms with Crippen LogP contribution in [0.2, 0.25) is 0 Å². The number of hydrogen-bond donors (Lipinski definition) is 2.